The molecule has 0 heterocycles. The van der Waals surface area contributed by atoms with Crippen LogP contribution in [0.1, 0.15) is 0 Å². The Bertz CT molecular complexity index is 509. The lowest BCUT2D eigenvalue weighted by Gasteiger charge is -2.13. The fraction of sp³-hybridized carbons (Fsp3) is 0.300. The smallest absolute Gasteiger partial charge is 0.334 e. The number of nitrogens with one attached hydrogen (secondary N) is 1. The van der Waals surface area contributed by atoms with Crippen LogP contribution in [0.15, 0.2) is 12.1 Å². The van der Waals surface area contributed by atoms with Gasteiger partial charge < -0.3 is 15.2 Å². The molecular weight excluding hydrogens is 266 g/mol. The highest BCUT2D eigenvalue weighted by atomic mass is 19.2. The quantitative estimate of drug-likeness (QED) is 0.601. The van der Waals surface area contributed by atoms with E-state index in [-0.39, 0.29) is 0 Å². The van der Waals surface area contributed by atoms with Gasteiger partial charge in [-0.3, -0.25) is 10.1 Å². The summed E-state index contributed by atoms with van der Waals surface area (Å²) in [7, 11) is 1.11. The molecule has 0 amide bonds. The number of benzene rings is 1. The van der Waals surface area contributed by atoms with Gasteiger partial charge in [0.2, 0.25) is 0 Å². The van der Waals surface area contributed by atoms with Crippen molar-refractivity contribution in [2.75, 3.05) is 19.0 Å². The lowest BCUT2D eigenvalue weighted by atomic mass is 10.2. The molecule has 1 aromatic carbocycles. The van der Waals surface area contributed by atoms with Crippen molar-refractivity contribution < 1.29 is 28.3 Å². The van der Waals surface area contributed by atoms with Crippen molar-refractivity contribution in [3.8, 4) is 0 Å². The van der Waals surface area contributed by atoms with E-state index in [0.29, 0.717) is 6.07 Å². The number of methoxy groups -OCH3 is 1. The maximum Gasteiger partial charge on any atom is 0.334 e. The molecule has 19 heavy (non-hydrogen) atoms. The van der Waals surface area contributed by atoms with Crippen LogP contribution >= 0.6 is 0 Å². The molecule has 0 aliphatic heterocycles. The van der Waals surface area contributed by atoms with Crippen LogP contribution in [-0.4, -0.2) is 35.8 Å². The van der Waals surface area contributed by atoms with E-state index in [1.807, 2.05) is 0 Å². The molecule has 1 atom stereocenters. The summed E-state index contributed by atoms with van der Waals surface area (Å²) >= 11 is 0. The lowest BCUT2D eigenvalue weighted by Crippen LogP contribution is -2.30. The van der Waals surface area contributed by atoms with Gasteiger partial charge in [-0.25, -0.2) is 13.6 Å². The Balaban J connectivity index is 3.02. The van der Waals surface area contributed by atoms with E-state index in [0.717, 1.165) is 13.2 Å². The van der Waals surface area contributed by atoms with Crippen LogP contribution in [0.25, 0.3) is 0 Å². The second-order valence-electron chi connectivity index (χ2n) is 3.46. The van der Waals surface area contributed by atoms with Gasteiger partial charge >= 0.3 is 5.97 Å². The summed E-state index contributed by atoms with van der Waals surface area (Å²) in [5.74, 6) is -4.07. The van der Waals surface area contributed by atoms with Crippen molar-refractivity contribution in [1.82, 2.24) is 0 Å². The van der Waals surface area contributed by atoms with Crippen LogP contribution < -0.4 is 5.32 Å². The maximum absolute atomic E-state index is 13.4. The lowest BCUT2D eigenvalue weighted by molar-refractivity contribution is -0.384. The second-order valence-corrected chi connectivity index (χ2v) is 3.46. The normalized spacial score (nSPS) is 11.9. The van der Waals surface area contributed by atoms with Crippen molar-refractivity contribution in [3.05, 3.63) is 33.9 Å². The van der Waals surface area contributed by atoms with Gasteiger partial charge in [-0.15, -0.1) is 0 Å². The number of rotatable bonds is 6. The first-order valence-electron chi connectivity index (χ1n) is 5.00. The number of hydrogen-bond donors (Lipinski definition) is 2. The summed E-state index contributed by atoms with van der Waals surface area (Å²) in [6.07, 6.45) is -1.35. The van der Waals surface area contributed by atoms with Gasteiger partial charge in [0.05, 0.1) is 11.5 Å². The van der Waals surface area contributed by atoms with Crippen LogP contribution in [0.5, 0.6) is 0 Å². The standard InChI is InChI=1S/C10H10F2N2O5/c1-19-7(10(15)16)4-13-9-6(14(17)18)3-2-5(11)8(9)12/h2-3,7,13H,4H2,1H3,(H,15,16). The molecule has 0 radical (unpaired) electrons. The number of nitro benzene ring substituents is 1. The molecule has 2 N–H and O–H groups in total. The summed E-state index contributed by atoms with van der Waals surface area (Å²) < 4.78 is 31.0. The van der Waals surface area contributed by atoms with Gasteiger partial charge in [0.15, 0.2) is 23.4 Å². The van der Waals surface area contributed by atoms with Gasteiger partial charge in [0.25, 0.3) is 5.69 Å². The highest BCUT2D eigenvalue weighted by molar-refractivity contribution is 5.73. The fourth-order valence-electron chi connectivity index (χ4n) is 1.33. The van der Waals surface area contributed by atoms with Crippen LogP contribution in [0, 0.1) is 21.7 Å². The van der Waals surface area contributed by atoms with Crippen LogP contribution in [0.3, 0.4) is 0 Å². The minimum Gasteiger partial charge on any atom is -0.479 e. The fourth-order valence-corrected chi connectivity index (χ4v) is 1.33. The largest absolute Gasteiger partial charge is 0.479 e. The molecule has 0 saturated heterocycles. The zero-order valence-electron chi connectivity index (χ0n) is 9.72. The second kappa shape index (κ2) is 6.05. The summed E-state index contributed by atoms with van der Waals surface area (Å²) in [5, 5.41) is 21.5. The highest BCUT2D eigenvalue weighted by Gasteiger charge is 2.24. The molecule has 9 heteroatoms. The number of nitrogens with zero attached hydrogens (tertiary/aromatic N) is 1. The summed E-state index contributed by atoms with van der Waals surface area (Å²) in [5.41, 5.74) is -1.41. The Hall–Kier alpha value is -2.29. The number of ether oxygens (including phenoxy) is 1. The molecule has 1 aromatic rings. The third kappa shape index (κ3) is 3.35. The Morgan fingerprint density at radius 1 is 1.58 bits per heavy atom. The van der Waals surface area contributed by atoms with E-state index in [1.54, 1.807) is 0 Å². The maximum atomic E-state index is 13.4. The first-order chi connectivity index (χ1) is 8.88. The Morgan fingerprint density at radius 2 is 2.21 bits per heavy atom. The number of halogens is 2. The van der Waals surface area contributed by atoms with Crippen LogP contribution in [-0.2, 0) is 9.53 Å². The summed E-state index contributed by atoms with van der Waals surface area (Å²) in [6, 6.07) is 1.40. The molecule has 0 bridgehead atoms. The van der Waals surface area contributed by atoms with Crippen molar-refractivity contribution in [3.63, 3.8) is 0 Å². The molecule has 0 spiro atoms. The first kappa shape index (κ1) is 14.8. The number of aliphatic carboxylic acids is 1. The zero-order chi connectivity index (χ0) is 14.6. The predicted molar refractivity (Wildman–Crippen MR) is 59.9 cm³/mol. The number of nitro groups is 1. The van der Waals surface area contributed by atoms with Crippen molar-refractivity contribution in [2.24, 2.45) is 0 Å². The van der Waals surface area contributed by atoms with Crippen LogP contribution in [0.4, 0.5) is 20.2 Å². The van der Waals surface area contributed by atoms with Crippen LogP contribution in [0.2, 0.25) is 0 Å². The average molecular weight is 276 g/mol. The Kier molecular flexibility index (Phi) is 4.70. The zero-order valence-corrected chi connectivity index (χ0v) is 9.72. The van der Waals surface area contributed by atoms with Crippen molar-refractivity contribution in [1.29, 1.82) is 0 Å². The molecule has 7 nitrogen and oxygen atoms in total. The van der Waals surface area contributed by atoms with Crippen molar-refractivity contribution in [2.45, 2.75) is 6.10 Å². The van der Waals surface area contributed by atoms with Crippen molar-refractivity contribution >= 4 is 17.3 Å². The Morgan fingerprint density at radius 3 is 2.68 bits per heavy atom. The molecule has 0 aliphatic carbocycles. The number of anilines is 1. The van der Waals surface area contributed by atoms with Gasteiger partial charge in [-0.1, -0.05) is 0 Å². The third-order valence-electron chi connectivity index (χ3n) is 2.29. The third-order valence-corrected chi connectivity index (χ3v) is 2.29. The van der Waals surface area contributed by atoms with Gasteiger partial charge in [0, 0.05) is 13.2 Å². The minimum atomic E-state index is -1.45. The molecule has 0 fully saturated rings. The summed E-state index contributed by atoms with van der Waals surface area (Å²) in [6.45, 7) is -0.451. The molecule has 104 valence electrons. The SMILES string of the molecule is COC(CNc1c([N+](=O)[O-])ccc(F)c1F)C(=O)O. The predicted octanol–water partition coefficient (Wildman–Crippen LogP) is 1.38. The summed E-state index contributed by atoms with van der Waals surface area (Å²) in [4.78, 5) is 20.4. The molecule has 1 rings (SSSR count). The van der Waals surface area contributed by atoms with Gasteiger partial charge in [-0.2, -0.15) is 0 Å². The van der Waals surface area contributed by atoms with E-state index in [9.17, 15) is 23.7 Å². The molecule has 0 saturated carbocycles. The van der Waals surface area contributed by atoms with Gasteiger partial charge in [0.1, 0.15) is 0 Å². The van der Waals surface area contributed by atoms with E-state index in [4.69, 9.17) is 5.11 Å². The number of carbonyl (C=O) groups is 1. The highest BCUT2D eigenvalue weighted by Crippen LogP contribution is 2.28. The minimum absolute atomic E-state index is 0.451. The van der Waals surface area contributed by atoms with Gasteiger partial charge in [-0.05, 0) is 6.07 Å². The average Bonchev–Trinajstić information content (AvgIpc) is 2.34. The monoisotopic (exact) mass is 276 g/mol. The number of hydrogen-bond acceptors (Lipinski definition) is 5. The molecular formula is C10H10F2N2O5. The van der Waals surface area contributed by atoms with E-state index >= 15 is 0 Å². The Labute approximate surface area is 105 Å². The van der Waals surface area contributed by atoms with E-state index in [1.165, 1.54) is 0 Å². The topological polar surface area (TPSA) is 102 Å². The molecule has 1 unspecified atom stereocenters. The number of carboxylic acids is 1. The molecule has 0 aliphatic rings. The van der Waals surface area contributed by atoms with E-state index in [2.05, 4.69) is 10.1 Å². The first-order valence-corrected chi connectivity index (χ1v) is 5.00. The van der Waals surface area contributed by atoms with E-state index < -0.39 is 46.6 Å². The number of carboxylic acid groups (broad SMARTS) is 1. The molecule has 0 aromatic heterocycles.